The standard InChI is InChI=1S/C17H33N3O/c1-6-15(4)20-11-9-16(19-20)13-17(7-2,8-3)14-18-10-12-21-5/h9,11,15,18H,6-8,10,12-14H2,1-5H3. The molecule has 1 N–H and O–H groups in total. The van der Waals surface area contributed by atoms with E-state index in [0.717, 1.165) is 32.5 Å². The molecule has 0 aliphatic carbocycles. The lowest BCUT2D eigenvalue weighted by Gasteiger charge is -2.31. The van der Waals surface area contributed by atoms with Crippen LogP contribution in [0.2, 0.25) is 0 Å². The van der Waals surface area contributed by atoms with Gasteiger partial charge in [-0.2, -0.15) is 5.10 Å². The molecule has 1 unspecified atom stereocenters. The van der Waals surface area contributed by atoms with Crippen LogP contribution < -0.4 is 5.32 Å². The van der Waals surface area contributed by atoms with Crippen LogP contribution in [0.5, 0.6) is 0 Å². The molecule has 1 rings (SSSR count). The van der Waals surface area contributed by atoms with E-state index in [0.29, 0.717) is 11.5 Å². The monoisotopic (exact) mass is 295 g/mol. The fourth-order valence-corrected chi connectivity index (χ4v) is 2.63. The van der Waals surface area contributed by atoms with Gasteiger partial charge in [0.1, 0.15) is 0 Å². The molecule has 0 spiro atoms. The fourth-order valence-electron chi connectivity index (χ4n) is 2.63. The van der Waals surface area contributed by atoms with Gasteiger partial charge in [-0.25, -0.2) is 0 Å². The van der Waals surface area contributed by atoms with E-state index in [4.69, 9.17) is 9.84 Å². The highest BCUT2D eigenvalue weighted by atomic mass is 16.5. The molecule has 1 heterocycles. The number of nitrogens with zero attached hydrogens (tertiary/aromatic N) is 2. The van der Waals surface area contributed by atoms with Crippen molar-refractivity contribution < 1.29 is 4.74 Å². The summed E-state index contributed by atoms with van der Waals surface area (Å²) in [7, 11) is 1.75. The maximum absolute atomic E-state index is 5.11. The largest absolute Gasteiger partial charge is 0.383 e. The van der Waals surface area contributed by atoms with Gasteiger partial charge in [0.15, 0.2) is 0 Å². The summed E-state index contributed by atoms with van der Waals surface area (Å²) in [6, 6.07) is 2.66. The van der Waals surface area contributed by atoms with Crippen LogP contribution in [0.15, 0.2) is 12.3 Å². The predicted molar refractivity (Wildman–Crippen MR) is 88.7 cm³/mol. The first-order chi connectivity index (χ1) is 10.1. The minimum Gasteiger partial charge on any atom is -0.383 e. The molecule has 0 bridgehead atoms. The van der Waals surface area contributed by atoms with Crippen molar-refractivity contribution in [2.45, 2.75) is 59.4 Å². The van der Waals surface area contributed by atoms with E-state index in [-0.39, 0.29) is 0 Å². The Hall–Kier alpha value is -0.870. The van der Waals surface area contributed by atoms with E-state index >= 15 is 0 Å². The zero-order chi connectivity index (χ0) is 15.7. The van der Waals surface area contributed by atoms with Crippen molar-refractivity contribution in [2.24, 2.45) is 5.41 Å². The highest BCUT2D eigenvalue weighted by Gasteiger charge is 2.27. The van der Waals surface area contributed by atoms with Crippen LogP contribution in [0.1, 0.15) is 58.7 Å². The lowest BCUT2D eigenvalue weighted by molar-refractivity contribution is 0.185. The molecule has 0 aliphatic rings. The van der Waals surface area contributed by atoms with Crippen molar-refractivity contribution in [3.8, 4) is 0 Å². The van der Waals surface area contributed by atoms with Crippen molar-refractivity contribution in [1.29, 1.82) is 0 Å². The van der Waals surface area contributed by atoms with Gasteiger partial charge in [0.25, 0.3) is 0 Å². The van der Waals surface area contributed by atoms with Crippen molar-refractivity contribution in [2.75, 3.05) is 26.8 Å². The van der Waals surface area contributed by atoms with Gasteiger partial charge in [0.2, 0.25) is 0 Å². The molecule has 0 amide bonds. The second kappa shape index (κ2) is 9.21. The molecule has 1 aromatic rings. The minimum absolute atomic E-state index is 0.294. The van der Waals surface area contributed by atoms with Gasteiger partial charge in [0.05, 0.1) is 12.3 Å². The normalized spacial score (nSPS) is 13.6. The molecule has 0 fully saturated rings. The van der Waals surface area contributed by atoms with Crippen molar-refractivity contribution in [3.63, 3.8) is 0 Å². The average molecular weight is 295 g/mol. The van der Waals surface area contributed by atoms with Crippen LogP contribution in [-0.2, 0) is 11.2 Å². The topological polar surface area (TPSA) is 39.1 Å². The quantitative estimate of drug-likeness (QED) is 0.636. The van der Waals surface area contributed by atoms with E-state index in [1.807, 2.05) is 0 Å². The Labute approximate surface area is 130 Å². The van der Waals surface area contributed by atoms with Crippen LogP contribution in [0.4, 0.5) is 0 Å². The van der Waals surface area contributed by atoms with Crippen LogP contribution in [0.25, 0.3) is 0 Å². The van der Waals surface area contributed by atoms with Gasteiger partial charge in [0, 0.05) is 32.4 Å². The molecule has 0 aromatic carbocycles. The second-order valence-electron chi connectivity index (χ2n) is 6.10. The summed E-state index contributed by atoms with van der Waals surface area (Å²) in [5.74, 6) is 0. The Morgan fingerprint density at radius 2 is 2.05 bits per heavy atom. The molecular formula is C17H33N3O. The van der Waals surface area contributed by atoms with Crippen LogP contribution in [0, 0.1) is 5.41 Å². The molecular weight excluding hydrogens is 262 g/mol. The predicted octanol–water partition coefficient (Wildman–Crippen LogP) is 3.44. The molecule has 0 saturated heterocycles. The van der Waals surface area contributed by atoms with Gasteiger partial charge in [-0.05, 0) is 44.1 Å². The molecule has 0 aliphatic heterocycles. The first-order valence-corrected chi connectivity index (χ1v) is 8.34. The molecule has 1 aromatic heterocycles. The number of rotatable bonds is 11. The minimum atomic E-state index is 0.294. The number of ether oxygens (including phenoxy) is 1. The Kier molecular flexibility index (Phi) is 7.97. The van der Waals surface area contributed by atoms with E-state index in [1.54, 1.807) is 7.11 Å². The summed E-state index contributed by atoms with van der Waals surface area (Å²) in [5, 5.41) is 8.30. The number of nitrogens with one attached hydrogen (secondary N) is 1. The zero-order valence-electron chi connectivity index (χ0n) is 14.5. The fraction of sp³-hybridized carbons (Fsp3) is 0.824. The number of aromatic nitrogens is 2. The Morgan fingerprint density at radius 3 is 2.62 bits per heavy atom. The lowest BCUT2D eigenvalue weighted by Crippen LogP contribution is -2.37. The summed E-state index contributed by atoms with van der Waals surface area (Å²) < 4.78 is 7.21. The van der Waals surface area contributed by atoms with Gasteiger partial charge in [-0.3, -0.25) is 4.68 Å². The molecule has 4 heteroatoms. The third-order valence-electron chi connectivity index (χ3n) is 4.75. The maximum Gasteiger partial charge on any atom is 0.0630 e. The van der Waals surface area contributed by atoms with Crippen molar-refractivity contribution in [1.82, 2.24) is 15.1 Å². The highest BCUT2D eigenvalue weighted by Crippen LogP contribution is 2.30. The van der Waals surface area contributed by atoms with E-state index in [1.165, 1.54) is 18.5 Å². The third kappa shape index (κ3) is 5.44. The SMILES string of the molecule is CCC(C)n1ccc(CC(CC)(CC)CNCCOC)n1. The van der Waals surface area contributed by atoms with E-state index in [2.05, 4.69) is 50.0 Å². The van der Waals surface area contributed by atoms with Crippen LogP contribution >= 0.6 is 0 Å². The average Bonchev–Trinajstić information content (AvgIpc) is 2.98. The molecule has 4 nitrogen and oxygen atoms in total. The van der Waals surface area contributed by atoms with Gasteiger partial charge in [-0.1, -0.05) is 20.8 Å². The zero-order valence-corrected chi connectivity index (χ0v) is 14.5. The molecule has 122 valence electrons. The Balaban J connectivity index is 2.66. The second-order valence-corrected chi connectivity index (χ2v) is 6.10. The maximum atomic E-state index is 5.11. The summed E-state index contributed by atoms with van der Waals surface area (Å²) in [5.41, 5.74) is 1.51. The molecule has 0 saturated carbocycles. The Morgan fingerprint density at radius 1 is 1.33 bits per heavy atom. The van der Waals surface area contributed by atoms with Gasteiger partial charge in [-0.15, -0.1) is 0 Å². The lowest BCUT2D eigenvalue weighted by atomic mass is 9.78. The molecule has 21 heavy (non-hydrogen) atoms. The summed E-state index contributed by atoms with van der Waals surface area (Å²) in [6.07, 6.45) is 6.62. The smallest absolute Gasteiger partial charge is 0.0630 e. The number of hydrogen-bond acceptors (Lipinski definition) is 3. The third-order valence-corrected chi connectivity index (χ3v) is 4.75. The summed E-state index contributed by atoms with van der Waals surface area (Å²) >= 11 is 0. The van der Waals surface area contributed by atoms with Crippen LogP contribution in [-0.4, -0.2) is 36.6 Å². The van der Waals surface area contributed by atoms with Crippen molar-refractivity contribution in [3.05, 3.63) is 18.0 Å². The summed E-state index contributed by atoms with van der Waals surface area (Å²) in [6.45, 7) is 11.7. The summed E-state index contributed by atoms with van der Waals surface area (Å²) in [4.78, 5) is 0. The van der Waals surface area contributed by atoms with Gasteiger partial charge < -0.3 is 10.1 Å². The molecule has 1 atom stereocenters. The molecule has 0 radical (unpaired) electrons. The van der Waals surface area contributed by atoms with E-state index in [9.17, 15) is 0 Å². The van der Waals surface area contributed by atoms with Crippen LogP contribution in [0.3, 0.4) is 0 Å². The highest BCUT2D eigenvalue weighted by molar-refractivity contribution is 5.04. The van der Waals surface area contributed by atoms with E-state index < -0.39 is 0 Å². The van der Waals surface area contributed by atoms with Crippen molar-refractivity contribution >= 4 is 0 Å². The first-order valence-electron chi connectivity index (χ1n) is 8.34. The van der Waals surface area contributed by atoms with Gasteiger partial charge >= 0.3 is 0 Å². The Bertz CT molecular complexity index is 385. The first kappa shape index (κ1) is 18.2. The number of methoxy groups -OCH3 is 1. The number of hydrogen-bond donors (Lipinski definition) is 1.